The van der Waals surface area contributed by atoms with Crippen LogP contribution in [0, 0.1) is 0 Å². The van der Waals surface area contributed by atoms with Crippen molar-refractivity contribution in [3.63, 3.8) is 0 Å². The van der Waals surface area contributed by atoms with Gasteiger partial charge in [0.25, 0.3) is 0 Å². The van der Waals surface area contributed by atoms with Crippen LogP contribution in [-0.4, -0.2) is 10.5 Å². The third-order valence-electron chi connectivity index (χ3n) is 3.53. The standard InChI is InChI=1S/C11H14Cl2N2/c1-10(2,11(14)3-4-11)7-6-15-9(13)5-8(7)12/h5-6H,3-4,14H2,1-2H3. The Bertz CT molecular complexity index is 398. The van der Waals surface area contributed by atoms with E-state index in [1.54, 1.807) is 12.3 Å². The molecule has 0 bridgehead atoms. The number of nitrogens with two attached hydrogens (primary N) is 1. The number of aromatic nitrogens is 1. The van der Waals surface area contributed by atoms with Gasteiger partial charge in [-0.05, 0) is 24.5 Å². The van der Waals surface area contributed by atoms with Gasteiger partial charge in [-0.2, -0.15) is 0 Å². The third kappa shape index (κ3) is 1.75. The summed E-state index contributed by atoms with van der Waals surface area (Å²) in [4.78, 5) is 4.07. The Hall–Kier alpha value is -0.310. The van der Waals surface area contributed by atoms with Crippen LogP contribution in [0.2, 0.25) is 10.2 Å². The Balaban J connectivity index is 2.45. The van der Waals surface area contributed by atoms with E-state index in [0.29, 0.717) is 10.2 Å². The van der Waals surface area contributed by atoms with Crippen molar-refractivity contribution in [1.82, 2.24) is 4.98 Å². The van der Waals surface area contributed by atoms with Gasteiger partial charge in [0, 0.05) is 22.2 Å². The highest BCUT2D eigenvalue weighted by Gasteiger charge is 2.52. The summed E-state index contributed by atoms with van der Waals surface area (Å²) in [6, 6.07) is 1.67. The first-order chi connectivity index (χ1) is 6.87. The predicted molar refractivity (Wildman–Crippen MR) is 63.4 cm³/mol. The summed E-state index contributed by atoms with van der Waals surface area (Å²) in [6.07, 6.45) is 3.81. The van der Waals surface area contributed by atoms with Crippen LogP contribution in [0.4, 0.5) is 0 Å². The molecule has 0 atom stereocenters. The van der Waals surface area contributed by atoms with Gasteiger partial charge in [-0.1, -0.05) is 37.0 Å². The fraction of sp³-hybridized carbons (Fsp3) is 0.545. The minimum Gasteiger partial charge on any atom is -0.324 e. The van der Waals surface area contributed by atoms with Crippen molar-refractivity contribution in [1.29, 1.82) is 0 Å². The molecule has 2 rings (SSSR count). The lowest BCUT2D eigenvalue weighted by molar-refractivity contribution is 0.390. The molecular formula is C11H14Cl2N2. The van der Waals surface area contributed by atoms with Gasteiger partial charge < -0.3 is 5.73 Å². The minimum atomic E-state index is -0.151. The molecule has 4 heteroatoms. The Labute approximate surface area is 99.8 Å². The maximum absolute atomic E-state index is 6.24. The second-order valence-corrected chi connectivity index (χ2v) is 5.56. The number of pyridine rings is 1. The highest BCUT2D eigenvalue weighted by molar-refractivity contribution is 6.34. The molecule has 0 amide bonds. The Kier molecular flexibility index (Phi) is 2.49. The van der Waals surface area contributed by atoms with Crippen molar-refractivity contribution < 1.29 is 0 Å². The Morgan fingerprint density at radius 2 is 2.00 bits per heavy atom. The zero-order valence-corrected chi connectivity index (χ0v) is 10.4. The Morgan fingerprint density at radius 1 is 1.40 bits per heavy atom. The van der Waals surface area contributed by atoms with Crippen molar-refractivity contribution in [2.24, 2.45) is 5.73 Å². The number of nitrogens with zero attached hydrogens (tertiary/aromatic N) is 1. The van der Waals surface area contributed by atoms with Crippen LogP contribution in [0.5, 0.6) is 0 Å². The largest absolute Gasteiger partial charge is 0.324 e. The summed E-state index contributed by atoms with van der Waals surface area (Å²) >= 11 is 11.9. The van der Waals surface area contributed by atoms with Crippen LogP contribution >= 0.6 is 23.2 Å². The molecule has 0 spiro atoms. The molecular weight excluding hydrogens is 231 g/mol. The summed E-state index contributed by atoms with van der Waals surface area (Å²) in [7, 11) is 0. The molecule has 1 aromatic heterocycles. The zero-order valence-electron chi connectivity index (χ0n) is 8.85. The molecule has 1 fully saturated rings. The average Bonchev–Trinajstić information content (AvgIpc) is 2.84. The van der Waals surface area contributed by atoms with Crippen molar-refractivity contribution in [3.8, 4) is 0 Å². The fourth-order valence-corrected chi connectivity index (χ4v) is 2.50. The molecule has 0 saturated heterocycles. The lowest BCUT2D eigenvalue weighted by Crippen LogP contribution is -2.43. The van der Waals surface area contributed by atoms with Crippen LogP contribution in [0.3, 0.4) is 0 Å². The second-order valence-electron chi connectivity index (χ2n) is 4.77. The highest BCUT2D eigenvalue weighted by Crippen LogP contribution is 2.50. The third-order valence-corrected chi connectivity index (χ3v) is 4.05. The number of rotatable bonds is 2. The van der Waals surface area contributed by atoms with E-state index in [1.165, 1.54) is 0 Å². The summed E-state index contributed by atoms with van der Waals surface area (Å²) in [5, 5.41) is 1.07. The smallest absolute Gasteiger partial charge is 0.130 e. The molecule has 1 heterocycles. The van der Waals surface area contributed by atoms with Crippen LogP contribution < -0.4 is 5.73 Å². The van der Waals surface area contributed by atoms with Gasteiger partial charge in [0.2, 0.25) is 0 Å². The summed E-state index contributed by atoms with van der Waals surface area (Å²) in [5.74, 6) is 0. The highest BCUT2D eigenvalue weighted by atomic mass is 35.5. The first kappa shape index (κ1) is 11.2. The number of hydrogen-bond acceptors (Lipinski definition) is 2. The van der Waals surface area contributed by atoms with Gasteiger partial charge in [-0.15, -0.1) is 0 Å². The van der Waals surface area contributed by atoms with Crippen molar-refractivity contribution in [3.05, 3.63) is 28.0 Å². The molecule has 0 radical (unpaired) electrons. The average molecular weight is 245 g/mol. The van der Waals surface area contributed by atoms with E-state index in [9.17, 15) is 0 Å². The van der Waals surface area contributed by atoms with E-state index in [0.717, 1.165) is 18.4 Å². The lowest BCUT2D eigenvalue weighted by Gasteiger charge is -2.32. The predicted octanol–water partition coefficient (Wildman–Crippen LogP) is 3.16. The van der Waals surface area contributed by atoms with Crippen molar-refractivity contribution >= 4 is 23.2 Å². The van der Waals surface area contributed by atoms with Crippen LogP contribution in [-0.2, 0) is 5.41 Å². The minimum absolute atomic E-state index is 0.133. The summed E-state index contributed by atoms with van der Waals surface area (Å²) in [5.41, 5.74) is 6.94. The molecule has 1 saturated carbocycles. The van der Waals surface area contributed by atoms with E-state index in [4.69, 9.17) is 28.9 Å². The van der Waals surface area contributed by atoms with Gasteiger partial charge >= 0.3 is 0 Å². The monoisotopic (exact) mass is 244 g/mol. The van der Waals surface area contributed by atoms with E-state index >= 15 is 0 Å². The quantitative estimate of drug-likeness (QED) is 0.813. The number of hydrogen-bond donors (Lipinski definition) is 1. The number of halogens is 2. The molecule has 1 aliphatic rings. The summed E-state index contributed by atoms with van der Waals surface area (Å²) < 4.78 is 0. The first-order valence-electron chi connectivity index (χ1n) is 4.97. The molecule has 2 nitrogen and oxygen atoms in total. The first-order valence-corrected chi connectivity index (χ1v) is 5.73. The molecule has 2 N–H and O–H groups in total. The van der Waals surface area contributed by atoms with Crippen molar-refractivity contribution in [2.45, 2.75) is 37.6 Å². The van der Waals surface area contributed by atoms with Gasteiger partial charge in [0.1, 0.15) is 5.15 Å². The van der Waals surface area contributed by atoms with E-state index < -0.39 is 0 Å². The van der Waals surface area contributed by atoms with Crippen molar-refractivity contribution in [2.75, 3.05) is 0 Å². The maximum atomic E-state index is 6.24. The van der Waals surface area contributed by atoms with Crippen LogP contribution in [0.25, 0.3) is 0 Å². The van der Waals surface area contributed by atoms with Gasteiger partial charge in [0.15, 0.2) is 0 Å². The molecule has 0 aromatic carbocycles. The maximum Gasteiger partial charge on any atom is 0.130 e. The van der Waals surface area contributed by atoms with Gasteiger partial charge in [0.05, 0.1) is 0 Å². The van der Waals surface area contributed by atoms with Crippen LogP contribution in [0.15, 0.2) is 12.3 Å². The SMILES string of the molecule is CC(C)(c1cnc(Cl)cc1Cl)C1(N)CC1. The van der Waals surface area contributed by atoms with Gasteiger partial charge in [-0.25, -0.2) is 4.98 Å². The van der Waals surface area contributed by atoms with E-state index in [1.807, 2.05) is 0 Å². The second kappa shape index (κ2) is 3.34. The van der Waals surface area contributed by atoms with E-state index in [2.05, 4.69) is 18.8 Å². The molecule has 0 unspecified atom stereocenters. The molecule has 15 heavy (non-hydrogen) atoms. The topological polar surface area (TPSA) is 38.9 Å². The molecule has 0 aliphatic heterocycles. The molecule has 1 aromatic rings. The fourth-order valence-electron chi connectivity index (χ4n) is 1.90. The van der Waals surface area contributed by atoms with Crippen LogP contribution in [0.1, 0.15) is 32.3 Å². The molecule has 82 valence electrons. The molecule has 1 aliphatic carbocycles. The Morgan fingerprint density at radius 3 is 2.47 bits per heavy atom. The van der Waals surface area contributed by atoms with E-state index in [-0.39, 0.29) is 11.0 Å². The van der Waals surface area contributed by atoms with Gasteiger partial charge in [-0.3, -0.25) is 0 Å². The lowest BCUT2D eigenvalue weighted by atomic mass is 9.76. The normalized spacial score (nSPS) is 19.0. The zero-order chi connectivity index (χ0) is 11.3. The summed E-state index contributed by atoms with van der Waals surface area (Å²) in [6.45, 7) is 4.22.